The second-order valence-corrected chi connectivity index (χ2v) is 7.12. The molecular weight excluding hydrogens is 386 g/mol. The fraction of sp³-hybridized carbons (Fsp3) is 0.0400. The van der Waals surface area contributed by atoms with Crippen molar-refractivity contribution >= 4 is 17.1 Å². The van der Waals surface area contributed by atoms with Crippen LogP contribution >= 0.6 is 0 Å². The molecule has 0 unspecified atom stereocenters. The summed E-state index contributed by atoms with van der Waals surface area (Å²) in [4.78, 5) is 17.5. The van der Waals surface area contributed by atoms with E-state index < -0.39 is 0 Å². The van der Waals surface area contributed by atoms with Crippen LogP contribution in [0.25, 0.3) is 27.8 Å². The molecule has 0 atom stereocenters. The Balaban J connectivity index is 1.64. The van der Waals surface area contributed by atoms with Gasteiger partial charge >= 0.3 is 0 Å². The van der Waals surface area contributed by atoms with Crippen molar-refractivity contribution < 1.29 is 0 Å². The third-order valence-corrected chi connectivity index (χ3v) is 5.04. The molecule has 3 aromatic carbocycles. The SMILES string of the molecule is Cc1nc2ccccc2c(=O)n1/N=C/c1cn(-c2ccccc2)nc1-c1ccccc1. The predicted octanol–water partition coefficient (Wildman–Crippen LogP) is 4.44. The molecule has 0 fully saturated rings. The van der Waals surface area contributed by atoms with Crippen molar-refractivity contribution in [1.29, 1.82) is 0 Å². The van der Waals surface area contributed by atoms with Crippen LogP contribution in [0.15, 0.2) is 101 Å². The molecule has 0 aliphatic rings. The zero-order valence-corrected chi connectivity index (χ0v) is 16.9. The van der Waals surface area contributed by atoms with Crippen LogP contribution < -0.4 is 5.56 Å². The largest absolute Gasteiger partial charge is 0.282 e. The lowest BCUT2D eigenvalue weighted by atomic mass is 10.1. The zero-order valence-electron chi connectivity index (χ0n) is 16.9. The summed E-state index contributed by atoms with van der Waals surface area (Å²) >= 11 is 0. The molecule has 0 bridgehead atoms. The van der Waals surface area contributed by atoms with Gasteiger partial charge < -0.3 is 0 Å². The lowest BCUT2D eigenvalue weighted by molar-refractivity contribution is 0.771. The fourth-order valence-corrected chi connectivity index (χ4v) is 3.51. The Morgan fingerprint density at radius 2 is 1.55 bits per heavy atom. The van der Waals surface area contributed by atoms with Crippen LogP contribution in [0.1, 0.15) is 11.4 Å². The molecule has 2 heterocycles. The van der Waals surface area contributed by atoms with Crippen molar-refractivity contribution in [2.75, 3.05) is 0 Å². The van der Waals surface area contributed by atoms with E-state index in [-0.39, 0.29) is 5.56 Å². The molecule has 0 saturated carbocycles. The molecule has 5 rings (SSSR count). The van der Waals surface area contributed by atoms with Crippen LogP contribution in [-0.2, 0) is 0 Å². The highest BCUT2D eigenvalue weighted by Gasteiger charge is 2.12. The topological polar surface area (TPSA) is 65.1 Å². The maximum absolute atomic E-state index is 12.9. The predicted molar refractivity (Wildman–Crippen MR) is 123 cm³/mol. The number of aryl methyl sites for hydroxylation is 1. The van der Waals surface area contributed by atoms with Crippen molar-refractivity contribution in [1.82, 2.24) is 19.4 Å². The van der Waals surface area contributed by atoms with Crippen molar-refractivity contribution in [3.8, 4) is 16.9 Å². The minimum Gasteiger partial charge on any atom is -0.267 e. The van der Waals surface area contributed by atoms with Gasteiger partial charge in [-0.3, -0.25) is 4.79 Å². The maximum Gasteiger partial charge on any atom is 0.282 e. The summed E-state index contributed by atoms with van der Waals surface area (Å²) in [6.07, 6.45) is 3.58. The highest BCUT2D eigenvalue weighted by molar-refractivity contribution is 5.89. The molecule has 31 heavy (non-hydrogen) atoms. The standard InChI is InChI=1S/C25H19N5O/c1-18-27-23-15-9-8-14-22(23)25(31)30(18)26-16-20-17-29(21-12-6-3-7-13-21)28-24(20)19-10-4-2-5-11-19/h2-17H,1H3/b26-16+. The molecule has 2 aromatic heterocycles. The van der Waals surface area contributed by atoms with E-state index in [1.807, 2.05) is 89.7 Å². The summed E-state index contributed by atoms with van der Waals surface area (Å²) in [6, 6.07) is 27.1. The summed E-state index contributed by atoms with van der Waals surface area (Å²) in [5, 5.41) is 9.80. The monoisotopic (exact) mass is 405 g/mol. The van der Waals surface area contributed by atoms with Crippen LogP contribution in [0.5, 0.6) is 0 Å². The fourth-order valence-electron chi connectivity index (χ4n) is 3.51. The summed E-state index contributed by atoms with van der Waals surface area (Å²) in [5.74, 6) is 0.525. The Morgan fingerprint density at radius 3 is 2.32 bits per heavy atom. The second-order valence-electron chi connectivity index (χ2n) is 7.12. The lowest BCUT2D eigenvalue weighted by Gasteiger charge is -2.05. The smallest absolute Gasteiger partial charge is 0.267 e. The molecule has 0 amide bonds. The van der Waals surface area contributed by atoms with Crippen molar-refractivity contribution in [3.63, 3.8) is 0 Å². The van der Waals surface area contributed by atoms with Crippen molar-refractivity contribution in [2.45, 2.75) is 6.92 Å². The van der Waals surface area contributed by atoms with Crippen LogP contribution in [-0.4, -0.2) is 25.7 Å². The summed E-state index contributed by atoms with van der Waals surface area (Å²) in [7, 11) is 0. The lowest BCUT2D eigenvalue weighted by Crippen LogP contribution is -2.20. The first-order valence-corrected chi connectivity index (χ1v) is 9.94. The minimum atomic E-state index is -0.198. The number of nitrogens with zero attached hydrogens (tertiary/aromatic N) is 5. The number of hydrogen-bond donors (Lipinski definition) is 0. The van der Waals surface area contributed by atoms with E-state index in [0.29, 0.717) is 16.7 Å². The number of para-hydroxylation sites is 2. The molecule has 6 heteroatoms. The highest BCUT2D eigenvalue weighted by Crippen LogP contribution is 2.22. The summed E-state index contributed by atoms with van der Waals surface area (Å²) in [6.45, 7) is 1.77. The zero-order chi connectivity index (χ0) is 21.2. The number of aromatic nitrogens is 4. The van der Waals surface area contributed by atoms with Crippen LogP contribution in [0.4, 0.5) is 0 Å². The Kier molecular flexibility index (Phi) is 4.72. The molecule has 0 aliphatic carbocycles. The van der Waals surface area contributed by atoms with Gasteiger partial charge in [-0.05, 0) is 31.2 Å². The third kappa shape index (κ3) is 3.55. The number of fused-ring (bicyclic) bond motifs is 1. The van der Waals surface area contributed by atoms with Crippen molar-refractivity contribution in [3.05, 3.63) is 113 Å². The van der Waals surface area contributed by atoms with E-state index in [1.165, 1.54) is 4.68 Å². The first kappa shape index (κ1) is 18.7. The van der Waals surface area contributed by atoms with E-state index in [9.17, 15) is 4.79 Å². The van der Waals surface area contributed by atoms with E-state index >= 15 is 0 Å². The summed E-state index contributed by atoms with van der Waals surface area (Å²) in [5.41, 5.74) is 3.97. The van der Waals surface area contributed by atoms with Crippen LogP contribution in [0, 0.1) is 6.92 Å². The number of hydrogen-bond acceptors (Lipinski definition) is 4. The molecule has 0 saturated heterocycles. The first-order chi connectivity index (χ1) is 15.2. The molecule has 0 aliphatic heterocycles. The van der Waals surface area contributed by atoms with Gasteiger partial charge in [0.1, 0.15) is 11.5 Å². The van der Waals surface area contributed by atoms with E-state index in [2.05, 4.69) is 10.1 Å². The van der Waals surface area contributed by atoms with E-state index in [0.717, 1.165) is 22.5 Å². The Morgan fingerprint density at radius 1 is 0.871 bits per heavy atom. The minimum absolute atomic E-state index is 0.198. The van der Waals surface area contributed by atoms with E-state index in [1.54, 1.807) is 19.2 Å². The Hall–Kier alpha value is -4.32. The van der Waals surface area contributed by atoms with Gasteiger partial charge in [0.25, 0.3) is 5.56 Å². The molecule has 150 valence electrons. The normalized spacial score (nSPS) is 11.4. The Labute approximate surface area is 178 Å². The molecular formula is C25H19N5O. The molecule has 0 radical (unpaired) electrons. The van der Waals surface area contributed by atoms with Gasteiger partial charge in [-0.2, -0.15) is 14.9 Å². The summed E-state index contributed by atoms with van der Waals surface area (Å²) < 4.78 is 3.15. The second kappa shape index (κ2) is 7.84. The molecule has 0 N–H and O–H groups in total. The molecule has 5 aromatic rings. The number of benzene rings is 3. The van der Waals surface area contributed by atoms with Gasteiger partial charge in [-0.15, -0.1) is 0 Å². The van der Waals surface area contributed by atoms with Gasteiger partial charge in [0.05, 0.1) is 22.8 Å². The van der Waals surface area contributed by atoms with Crippen LogP contribution in [0.2, 0.25) is 0 Å². The Bertz CT molecular complexity index is 1450. The highest BCUT2D eigenvalue weighted by atomic mass is 16.1. The van der Waals surface area contributed by atoms with Crippen molar-refractivity contribution in [2.24, 2.45) is 5.10 Å². The van der Waals surface area contributed by atoms with Gasteiger partial charge in [0.2, 0.25) is 0 Å². The molecule has 0 spiro atoms. The maximum atomic E-state index is 12.9. The van der Waals surface area contributed by atoms with Crippen LogP contribution in [0.3, 0.4) is 0 Å². The van der Waals surface area contributed by atoms with E-state index in [4.69, 9.17) is 5.10 Å². The van der Waals surface area contributed by atoms with Gasteiger partial charge in [0.15, 0.2) is 0 Å². The van der Waals surface area contributed by atoms with Gasteiger partial charge in [-0.1, -0.05) is 60.7 Å². The number of rotatable bonds is 4. The van der Waals surface area contributed by atoms with Gasteiger partial charge in [-0.25, -0.2) is 9.67 Å². The first-order valence-electron chi connectivity index (χ1n) is 9.94. The average molecular weight is 405 g/mol. The molecule has 6 nitrogen and oxygen atoms in total. The third-order valence-electron chi connectivity index (χ3n) is 5.04. The average Bonchev–Trinajstić information content (AvgIpc) is 3.24. The quantitative estimate of drug-likeness (QED) is 0.415. The van der Waals surface area contributed by atoms with Gasteiger partial charge in [0, 0.05) is 17.3 Å².